The number of hydrogen-bond donors (Lipinski definition) is 1. The van der Waals surface area contributed by atoms with Gasteiger partial charge in [-0.1, -0.05) is 19.3 Å². The standard InChI is InChI=1S/C16H31N3O2S.ClH/c1-22(20,21)19-10-5-6-15(13-19)12-18-11-9-17-14-16(18)7-3-2-4-8-16;/h15,17H,2-14H2,1H3;1H. The van der Waals surface area contributed by atoms with Crippen LogP contribution in [-0.2, 0) is 10.0 Å². The van der Waals surface area contributed by atoms with Crippen LogP contribution >= 0.6 is 12.4 Å². The minimum absolute atomic E-state index is 0. The van der Waals surface area contributed by atoms with Crippen LogP contribution in [0.15, 0.2) is 0 Å². The molecule has 1 atom stereocenters. The summed E-state index contributed by atoms with van der Waals surface area (Å²) < 4.78 is 25.3. The molecule has 3 aliphatic rings. The maximum atomic E-state index is 11.8. The molecule has 3 rings (SSSR count). The molecule has 0 aromatic rings. The summed E-state index contributed by atoms with van der Waals surface area (Å²) in [6.07, 6.45) is 10.2. The molecule has 2 saturated heterocycles. The number of hydrogen-bond acceptors (Lipinski definition) is 4. The van der Waals surface area contributed by atoms with Crippen molar-refractivity contribution in [1.29, 1.82) is 0 Å². The van der Waals surface area contributed by atoms with E-state index in [0.29, 0.717) is 18.0 Å². The zero-order chi connectivity index (χ0) is 15.6. The molecular formula is C16H32ClN3O2S. The smallest absolute Gasteiger partial charge is 0.211 e. The number of nitrogens with one attached hydrogen (secondary N) is 1. The van der Waals surface area contributed by atoms with Crippen molar-refractivity contribution in [3.05, 3.63) is 0 Å². The van der Waals surface area contributed by atoms with Crippen molar-refractivity contribution < 1.29 is 8.42 Å². The van der Waals surface area contributed by atoms with Crippen molar-refractivity contribution in [2.75, 3.05) is 45.5 Å². The highest BCUT2D eigenvalue weighted by molar-refractivity contribution is 7.88. The third kappa shape index (κ3) is 4.60. The van der Waals surface area contributed by atoms with Crippen LogP contribution in [0.5, 0.6) is 0 Å². The van der Waals surface area contributed by atoms with Gasteiger partial charge < -0.3 is 5.32 Å². The summed E-state index contributed by atoms with van der Waals surface area (Å²) in [6, 6.07) is 0. The largest absolute Gasteiger partial charge is 0.314 e. The molecule has 0 radical (unpaired) electrons. The Labute approximate surface area is 147 Å². The SMILES string of the molecule is CS(=O)(=O)N1CCCC(CN2CCNCC23CCCCC3)C1.Cl. The molecule has 2 heterocycles. The quantitative estimate of drug-likeness (QED) is 0.826. The topological polar surface area (TPSA) is 52.7 Å². The summed E-state index contributed by atoms with van der Waals surface area (Å²) in [5, 5.41) is 3.60. The van der Waals surface area contributed by atoms with E-state index in [1.165, 1.54) is 44.8 Å². The highest BCUT2D eigenvalue weighted by atomic mass is 35.5. The fraction of sp³-hybridized carbons (Fsp3) is 1.00. The maximum Gasteiger partial charge on any atom is 0.211 e. The van der Waals surface area contributed by atoms with Crippen LogP contribution in [0.3, 0.4) is 0 Å². The number of nitrogens with zero attached hydrogens (tertiary/aromatic N) is 2. The van der Waals surface area contributed by atoms with Crippen LogP contribution < -0.4 is 5.32 Å². The Morgan fingerprint density at radius 2 is 1.87 bits per heavy atom. The van der Waals surface area contributed by atoms with Crippen LogP contribution in [0.25, 0.3) is 0 Å². The zero-order valence-corrected chi connectivity index (χ0v) is 15.9. The first kappa shape index (κ1) is 19.4. The van der Waals surface area contributed by atoms with Crippen LogP contribution in [0.4, 0.5) is 0 Å². The Morgan fingerprint density at radius 1 is 1.13 bits per heavy atom. The van der Waals surface area contributed by atoms with Gasteiger partial charge >= 0.3 is 0 Å². The fourth-order valence-corrected chi connectivity index (χ4v) is 5.60. The van der Waals surface area contributed by atoms with Gasteiger partial charge in [0.25, 0.3) is 0 Å². The van der Waals surface area contributed by atoms with E-state index in [1.807, 2.05) is 0 Å². The molecule has 0 bridgehead atoms. The van der Waals surface area contributed by atoms with Crippen molar-refractivity contribution in [2.24, 2.45) is 5.92 Å². The molecule has 0 aromatic heterocycles. The Morgan fingerprint density at radius 3 is 2.57 bits per heavy atom. The molecule has 0 amide bonds. The van der Waals surface area contributed by atoms with Gasteiger partial charge in [0.15, 0.2) is 0 Å². The van der Waals surface area contributed by atoms with Crippen LogP contribution in [-0.4, -0.2) is 68.7 Å². The molecule has 3 fully saturated rings. The van der Waals surface area contributed by atoms with E-state index < -0.39 is 10.0 Å². The van der Waals surface area contributed by atoms with Gasteiger partial charge in [-0.05, 0) is 31.6 Å². The lowest BCUT2D eigenvalue weighted by Crippen LogP contribution is -2.63. The molecule has 1 N–H and O–H groups in total. The minimum atomic E-state index is -3.03. The Balaban J connectivity index is 0.00000192. The van der Waals surface area contributed by atoms with Crippen molar-refractivity contribution in [3.8, 4) is 0 Å². The number of rotatable bonds is 3. The summed E-state index contributed by atoms with van der Waals surface area (Å²) in [5.41, 5.74) is 0.351. The average molecular weight is 366 g/mol. The molecule has 0 aromatic carbocycles. The van der Waals surface area contributed by atoms with Gasteiger partial charge in [-0.15, -0.1) is 12.4 Å². The minimum Gasteiger partial charge on any atom is -0.314 e. The number of piperazine rings is 1. The lowest BCUT2D eigenvalue weighted by molar-refractivity contribution is 0.00930. The molecule has 23 heavy (non-hydrogen) atoms. The lowest BCUT2D eigenvalue weighted by Gasteiger charge is -2.51. The molecule has 1 unspecified atom stereocenters. The van der Waals surface area contributed by atoms with Gasteiger partial charge in [0.1, 0.15) is 0 Å². The van der Waals surface area contributed by atoms with E-state index in [4.69, 9.17) is 0 Å². The number of sulfonamides is 1. The summed E-state index contributed by atoms with van der Waals surface area (Å²) in [6.45, 7) is 5.82. The first-order valence-electron chi connectivity index (χ1n) is 8.91. The highest BCUT2D eigenvalue weighted by Crippen LogP contribution is 2.35. The number of halogens is 1. The van der Waals surface area contributed by atoms with Gasteiger partial charge in [-0.3, -0.25) is 4.90 Å². The monoisotopic (exact) mass is 365 g/mol. The second-order valence-corrected chi connectivity index (χ2v) is 9.52. The van der Waals surface area contributed by atoms with Gasteiger partial charge in [0.05, 0.1) is 6.26 Å². The van der Waals surface area contributed by atoms with E-state index in [2.05, 4.69) is 10.2 Å². The summed E-state index contributed by atoms with van der Waals surface area (Å²) in [7, 11) is -3.03. The van der Waals surface area contributed by atoms with Crippen LogP contribution in [0.1, 0.15) is 44.9 Å². The maximum absolute atomic E-state index is 11.8. The molecule has 5 nitrogen and oxygen atoms in total. The summed E-state index contributed by atoms with van der Waals surface area (Å²) >= 11 is 0. The molecule has 7 heteroatoms. The molecule has 1 spiro atoms. The van der Waals surface area contributed by atoms with Gasteiger partial charge in [-0.25, -0.2) is 12.7 Å². The average Bonchev–Trinajstić information content (AvgIpc) is 2.50. The van der Waals surface area contributed by atoms with Crippen molar-refractivity contribution >= 4 is 22.4 Å². The van der Waals surface area contributed by atoms with Gasteiger partial charge in [0.2, 0.25) is 10.0 Å². The van der Waals surface area contributed by atoms with Crippen LogP contribution in [0.2, 0.25) is 0 Å². The van der Waals surface area contributed by atoms with Crippen LogP contribution in [0, 0.1) is 5.92 Å². The number of piperidine rings is 1. The van der Waals surface area contributed by atoms with Gasteiger partial charge in [0, 0.05) is 44.8 Å². The van der Waals surface area contributed by atoms with Crippen molar-refractivity contribution in [2.45, 2.75) is 50.5 Å². The third-order valence-corrected chi connectivity index (χ3v) is 7.17. The van der Waals surface area contributed by atoms with E-state index in [9.17, 15) is 8.42 Å². The fourth-order valence-electron chi connectivity index (χ4n) is 4.66. The van der Waals surface area contributed by atoms with Crippen molar-refractivity contribution in [1.82, 2.24) is 14.5 Å². The summed E-state index contributed by atoms with van der Waals surface area (Å²) in [4.78, 5) is 2.71. The predicted molar refractivity (Wildman–Crippen MR) is 96.6 cm³/mol. The second kappa shape index (κ2) is 8.00. The van der Waals surface area contributed by atoms with E-state index >= 15 is 0 Å². The third-order valence-electron chi connectivity index (χ3n) is 5.90. The molecule has 2 aliphatic heterocycles. The normalized spacial score (nSPS) is 30.0. The molecule has 1 saturated carbocycles. The highest BCUT2D eigenvalue weighted by Gasteiger charge is 2.41. The summed E-state index contributed by atoms with van der Waals surface area (Å²) in [5.74, 6) is 0.500. The predicted octanol–water partition coefficient (Wildman–Crippen LogP) is 1.69. The first-order chi connectivity index (χ1) is 10.5. The second-order valence-electron chi connectivity index (χ2n) is 7.54. The molecular weight excluding hydrogens is 334 g/mol. The van der Waals surface area contributed by atoms with E-state index in [0.717, 1.165) is 39.1 Å². The lowest BCUT2D eigenvalue weighted by atomic mass is 9.78. The molecule has 136 valence electrons. The van der Waals surface area contributed by atoms with E-state index in [1.54, 1.807) is 4.31 Å². The van der Waals surface area contributed by atoms with Crippen molar-refractivity contribution in [3.63, 3.8) is 0 Å². The van der Waals surface area contributed by atoms with Gasteiger partial charge in [-0.2, -0.15) is 0 Å². The first-order valence-corrected chi connectivity index (χ1v) is 10.8. The Hall–Kier alpha value is 0.120. The van der Waals surface area contributed by atoms with E-state index in [-0.39, 0.29) is 12.4 Å². The molecule has 1 aliphatic carbocycles. The zero-order valence-electron chi connectivity index (χ0n) is 14.3. The Kier molecular flexibility index (Phi) is 6.76. The Bertz CT molecular complexity index is 471.